The van der Waals surface area contributed by atoms with E-state index in [0.29, 0.717) is 5.56 Å². The molecule has 0 aliphatic heterocycles. The summed E-state index contributed by atoms with van der Waals surface area (Å²) in [6.07, 6.45) is 0. The van der Waals surface area contributed by atoms with Gasteiger partial charge in [0.15, 0.2) is 11.6 Å². The summed E-state index contributed by atoms with van der Waals surface area (Å²) in [4.78, 5) is 0. The fourth-order valence-electron chi connectivity index (χ4n) is 1.58. The van der Waals surface area contributed by atoms with Gasteiger partial charge in [-0.25, -0.2) is 8.78 Å². The Kier molecular flexibility index (Phi) is 2.86. The molecule has 16 heavy (non-hydrogen) atoms. The maximum atomic E-state index is 13.7. The van der Waals surface area contributed by atoms with Gasteiger partial charge in [0.25, 0.3) is 0 Å². The van der Waals surface area contributed by atoms with Crippen LogP contribution in [0, 0.1) is 11.6 Å². The van der Waals surface area contributed by atoms with Crippen LogP contribution in [0.4, 0.5) is 14.5 Å². The first kappa shape index (κ1) is 10.6. The number of hydrogen-bond donors (Lipinski definition) is 1. The minimum Gasteiger partial charge on any atom is -0.386 e. The lowest BCUT2D eigenvalue weighted by Crippen LogP contribution is -1.97. The van der Waals surface area contributed by atoms with E-state index < -0.39 is 11.6 Å². The largest absolute Gasteiger partial charge is 0.386 e. The second-order valence-corrected chi connectivity index (χ2v) is 3.40. The van der Waals surface area contributed by atoms with Crippen molar-refractivity contribution in [3.63, 3.8) is 0 Å². The van der Waals surface area contributed by atoms with E-state index in [1.807, 2.05) is 6.07 Å². The quantitative estimate of drug-likeness (QED) is 0.812. The van der Waals surface area contributed by atoms with E-state index in [9.17, 15) is 8.78 Å². The third-order valence-electron chi connectivity index (χ3n) is 2.44. The lowest BCUT2D eigenvalue weighted by Gasteiger charge is -2.07. The molecule has 0 saturated heterocycles. The van der Waals surface area contributed by atoms with Gasteiger partial charge in [0, 0.05) is 12.6 Å². The van der Waals surface area contributed by atoms with Gasteiger partial charge in [0.2, 0.25) is 0 Å². The van der Waals surface area contributed by atoms with Crippen LogP contribution in [0.3, 0.4) is 0 Å². The topological polar surface area (TPSA) is 12.0 Å². The monoisotopic (exact) mass is 219 g/mol. The summed E-state index contributed by atoms with van der Waals surface area (Å²) in [5, 5.41) is 2.60. The zero-order valence-corrected chi connectivity index (χ0v) is 8.80. The van der Waals surface area contributed by atoms with E-state index in [1.165, 1.54) is 6.07 Å². The molecule has 0 spiro atoms. The zero-order valence-electron chi connectivity index (χ0n) is 8.80. The Hall–Kier alpha value is -1.90. The Bertz CT molecular complexity index is 495. The summed E-state index contributed by atoms with van der Waals surface area (Å²) in [6, 6.07) is 12.0. The van der Waals surface area contributed by atoms with Gasteiger partial charge in [0.05, 0.1) is 5.69 Å². The van der Waals surface area contributed by atoms with Gasteiger partial charge in [-0.3, -0.25) is 0 Å². The van der Waals surface area contributed by atoms with Crippen molar-refractivity contribution >= 4 is 5.69 Å². The maximum absolute atomic E-state index is 13.7. The first-order valence-electron chi connectivity index (χ1n) is 4.95. The molecular weight excluding hydrogens is 208 g/mol. The van der Waals surface area contributed by atoms with Crippen LogP contribution in [0.15, 0.2) is 42.5 Å². The Labute approximate surface area is 92.7 Å². The Morgan fingerprint density at radius 3 is 2.19 bits per heavy atom. The number of hydrogen-bond acceptors (Lipinski definition) is 1. The minimum absolute atomic E-state index is 0.164. The van der Waals surface area contributed by atoms with Crippen molar-refractivity contribution in [1.29, 1.82) is 0 Å². The molecule has 0 aromatic heterocycles. The fraction of sp³-hybridized carbons (Fsp3) is 0.0769. The normalized spacial score (nSPS) is 10.2. The highest BCUT2D eigenvalue weighted by molar-refractivity contribution is 5.67. The van der Waals surface area contributed by atoms with Crippen molar-refractivity contribution in [1.82, 2.24) is 0 Å². The lowest BCUT2D eigenvalue weighted by molar-refractivity contribution is 0.514. The van der Waals surface area contributed by atoms with E-state index in [1.54, 1.807) is 37.4 Å². The smallest absolute Gasteiger partial charge is 0.182 e. The Balaban J connectivity index is 2.56. The van der Waals surface area contributed by atoms with Gasteiger partial charge in [-0.15, -0.1) is 0 Å². The van der Waals surface area contributed by atoms with Crippen LogP contribution in [-0.2, 0) is 0 Å². The summed E-state index contributed by atoms with van der Waals surface area (Å²) < 4.78 is 27.2. The number of halogens is 2. The average Bonchev–Trinajstić information content (AvgIpc) is 2.34. The van der Waals surface area contributed by atoms with Crippen molar-refractivity contribution in [2.24, 2.45) is 0 Å². The molecule has 82 valence electrons. The van der Waals surface area contributed by atoms with E-state index in [0.717, 1.165) is 0 Å². The number of rotatable bonds is 2. The maximum Gasteiger partial charge on any atom is 0.182 e. The zero-order chi connectivity index (χ0) is 11.5. The van der Waals surface area contributed by atoms with Crippen LogP contribution in [0.25, 0.3) is 11.1 Å². The van der Waals surface area contributed by atoms with Gasteiger partial charge in [-0.1, -0.05) is 30.3 Å². The van der Waals surface area contributed by atoms with E-state index in [-0.39, 0.29) is 11.3 Å². The molecule has 0 aliphatic rings. The van der Waals surface area contributed by atoms with Gasteiger partial charge < -0.3 is 5.32 Å². The number of anilines is 1. The predicted molar refractivity (Wildman–Crippen MR) is 61.3 cm³/mol. The third-order valence-corrected chi connectivity index (χ3v) is 2.44. The molecule has 3 heteroatoms. The van der Waals surface area contributed by atoms with Crippen molar-refractivity contribution in [3.05, 3.63) is 54.1 Å². The summed E-state index contributed by atoms with van der Waals surface area (Å²) in [5.74, 6) is -1.66. The van der Waals surface area contributed by atoms with Crippen molar-refractivity contribution in [2.75, 3.05) is 12.4 Å². The average molecular weight is 219 g/mol. The molecule has 0 saturated carbocycles. The van der Waals surface area contributed by atoms with Crippen molar-refractivity contribution in [3.8, 4) is 11.1 Å². The summed E-state index contributed by atoms with van der Waals surface area (Å²) in [7, 11) is 1.56. The minimum atomic E-state index is -0.844. The summed E-state index contributed by atoms with van der Waals surface area (Å²) in [6.45, 7) is 0. The Morgan fingerprint density at radius 1 is 0.875 bits per heavy atom. The molecule has 0 atom stereocenters. The van der Waals surface area contributed by atoms with E-state index in [2.05, 4.69) is 5.32 Å². The molecule has 0 bridgehead atoms. The standard InChI is InChI=1S/C13H11F2N/c1-16-11-8-7-10(12(14)13(11)15)9-5-3-2-4-6-9/h2-8,16H,1H3. The van der Waals surface area contributed by atoms with E-state index in [4.69, 9.17) is 0 Å². The van der Waals surface area contributed by atoms with Crippen LogP contribution in [-0.4, -0.2) is 7.05 Å². The molecule has 0 fully saturated rings. The third kappa shape index (κ3) is 1.76. The number of benzene rings is 2. The second kappa shape index (κ2) is 4.31. The van der Waals surface area contributed by atoms with Crippen LogP contribution >= 0.6 is 0 Å². The molecule has 2 aromatic carbocycles. The highest BCUT2D eigenvalue weighted by Crippen LogP contribution is 2.27. The van der Waals surface area contributed by atoms with Gasteiger partial charge >= 0.3 is 0 Å². The molecule has 2 aromatic rings. The van der Waals surface area contributed by atoms with Gasteiger partial charge in [-0.2, -0.15) is 0 Å². The predicted octanol–water partition coefficient (Wildman–Crippen LogP) is 3.67. The van der Waals surface area contributed by atoms with Crippen molar-refractivity contribution in [2.45, 2.75) is 0 Å². The molecule has 1 N–H and O–H groups in total. The first-order valence-corrected chi connectivity index (χ1v) is 4.95. The Morgan fingerprint density at radius 2 is 1.56 bits per heavy atom. The fourth-order valence-corrected chi connectivity index (χ4v) is 1.58. The summed E-state index contributed by atoms with van der Waals surface area (Å²) >= 11 is 0. The molecule has 0 heterocycles. The first-order chi connectivity index (χ1) is 7.74. The molecular formula is C13H11F2N. The highest BCUT2D eigenvalue weighted by atomic mass is 19.2. The molecule has 1 nitrogen and oxygen atoms in total. The summed E-state index contributed by atoms with van der Waals surface area (Å²) in [5.41, 5.74) is 1.11. The molecule has 0 amide bonds. The van der Waals surface area contributed by atoms with Gasteiger partial charge in [0.1, 0.15) is 0 Å². The lowest BCUT2D eigenvalue weighted by atomic mass is 10.0. The van der Waals surface area contributed by atoms with Gasteiger partial charge in [-0.05, 0) is 17.7 Å². The molecule has 2 rings (SSSR count). The highest BCUT2D eigenvalue weighted by Gasteiger charge is 2.13. The molecule has 0 unspecified atom stereocenters. The number of nitrogens with one attached hydrogen (secondary N) is 1. The second-order valence-electron chi connectivity index (χ2n) is 3.40. The van der Waals surface area contributed by atoms with Crippen molar-refractivity contribution < 1.29 is 8.78 Å². The van der Waals surface area contributed by atoms with E-state index >= 15 is 0 Å². The van der Waals surface area contributed by atoms with Crippen LogP contribution < -0.4 is 5.32 Å². The van der Waals surface area contributed by atoms with Crippen LogP contribution in [0.5, 0.6) is 0 Å². The SMILES string of the molecule is CNc1ccc(-c2ccccc2)c(F)c1F. The van der Waals surface area contributed by atoms with Crippen LogP contribution in [0.1, 0.15) is 0 Å². The molecule has 0 aliphatic carbocycles. The molecule has 0 radical (unpaired) electrons. The van der Waals surface area contributed by atoms with Crippen LogP contribution in [0.2, 0.25) is 0 Å².